The molecule has 0 N–H and O–H groups in total. The average Bonchev–Trinajstić information content (AvgIpc) is 3.53. The van der Waals surface area contributed by atoms with Gasteiger partial charge in [0.05, 0.1) is 6.33 Å². The normalized spacial score (nSPS) is 11.7. The van der Waals surface area contributed by atoms with Gasteiger partial charge in [-0.05, 0) is 31.7 Å². The smallest absolute Gasteiger partial charge is 0.332 e. The van der Waals surface area contributed by atoms with E-state index in [1.807, 2.05) is 46.5 Å². The third-order valence-corrected chi connectivity index (χ3v) is 6.19. The summed E-state index contributed by atoms with van der Waals surface area (Å²) in [6.45, 7) is 3.98. The van der Waals surface area contributed by atoms with Gasteiger partial charge in [-0.1, -0.05) is 30.3 Å². The molecule has 4 aromatic heterocycles. The van der Waals surface area contributed by atoms with Crippen LogP contribution in [0.1, 0.15) is 24.1 Å². The topological polar surface area (TPSA) is 84.0 Å². The van der Waals surface area contributed by atoms with Crippen LogP contribution in [-0.2, 0) is 33.1 Å². The summed E-state index contributed by atoms with van der Waals surface area (Å²) in [5.41, 5.74) is 2.47. The summed E-state index contributed by atoms with van der Waals surface area (Å²) < 4.78 is 8.79. The number of hydrogen-bond acceptors (Lipinski definition) is 4. The Morgan fingerprint density at radius 1 is 0.970 bits per heavy atom. The highest BCUT2D eigenvalue weighted by Crippen LogP contribution is 2.17. The van der Waals surface area contributed by atoms with Crippen molar-refractivity contribution in [1.29, 1.82) is 0 Å². The lowest BCUT2D eigenvalue weighted by Gasteiger charge is -2.08. The molecule has 0 fully saturated rings. The van der Waals surface area contributed by atoms with E-state index < -0.39 is 0 Å². The zero-order valence-electron chi connectivity index (χ0n) is 18.9. The molecule has 0 aliphatic heterocycles. The van der Waals surface area contributed by atoms with Gasteiger partial charge in [0.1, 0.15) is 0 Å². The van der Waals surface area contributed by atoms with Crippen LogP contribution in [0.5, 0.6) is 0 Å². The summed E-state index contributed by atoms with van der Waals surface area (Å²) in [6, 6.07) is 10.1. The number of nitrogens with zero attached hydrogens (tertiary/aromatic N) is 7. The number of imidazole rings is 3. The van der Waals surface area contributed by atoms with E-state index in [1.54, 1.807) is 19.6 Å². The van der Waals surface area contributed by atoms with Gasteiger partial charge in [-0.3, -0.25) is 18.3 Å². The predicted molar refractivity (Wildman–Crippen MR) is 127 cm³/mol. The van der Waals surface area contributed by atoms with Crippen molar-refractivity contribution in [3.8, 4) is 0 Å². The maximum Gasteiger partial charge on any atom is 0.332 e. The van der Waals surface area contributed by atoms with Crippen molar-refractivity contribution in [3.63, 3.8) is 0 Å². The van der Waals surface area contributed by atoms with Gasteiger partial charge in [0.25, 0.3) is 5.56 Å². The van der Waals surface area contributed by atoms with Crippen LogP contribution in [0.4, 0.5) is 0 Å². The van der Waals surface area contributed by atoms with Crippen molar-refractivity contribution in [1.82, 2.24) is 32.6 Å². The molecule has 9 heteroatoms. The van der Waals surface area contributed by atoms with E-state index in [0.29, 0.717) is 29.9 Å². The predicted octanol–water partition coefficient (Wildman–Crippen LogP) is 2.38. The summed E-state index contributed by atoms with van der Waals surface area (Å²) in [6.07, 6.45) is 9.86. The fraction of sp³-hybridized carbons (Fsp3) is 0.333. The first-order valence-corrected chi connectivity index (χ1v) is 11.2. The first-order chi connectivity index (χ1) is 16.0. The first-order valence-electron chi connectivity index (χ1n) is 11.2. The monoisotopic (exact) mass is 445 g/mol. The zero-order valence-corrected chi connectivity index (χ0v) is 18.9. The molecular weight excluding hydrogens is 418 g/mol. The van der Waals surface area contributed by atoms with Gasteiger partial charge >= 0.3 is 5.69 Å². The highest BCUT2D eigenvalue weighted by atomic mass is 16.2. The molecule has 0 aliphatic carbocycles. The van der Waals surface area contributed by atoms with E-state index >= 15 is 0 Å². The number of aromatic nitrogens is 7. The Morgan fingerprint density at radius 3 is 2.52 bits per heavy atom. The Bertz CT molecular complexity index is 1520. The van der Waals surface area contributed by atoms with Crippen molar-refractivity contribution < 1.29 is 0 Å². The molecule has 33 heavy (non-hydrogen) atoms. The third-order valence-electron chi connectivity index (χ3n) is 6.19. The van der Waals surface area contributed by atoms with E-state index in [1.165, 1.54) is 14.7 Å². The van der Waals surface area contributed by atoms with E-state index in [9.17, 15) is 9.59 Å². The fourth-order valence-electron chi connectivity index (χ4n) is 4.45. The average molecular weight is 446 g/mol. The van der Waals surface area contributed by atoms with Gasteiger partial charge in [-0.15, -0.1) is 0 Å². The van der Waals surface area contributed by atoms with Gasteiger partial charge in [0, 0.05) is 51.0 Å². The lowest BCUT2D eigenvalue weighted by Crippen LogP contribution is -2.39. The molecule has 0 saturated heterocycles. The summed E-state index contributed by atoms with van der Waals surface area (Å²) >= 11 is 0. The van der Waals surface area contributed by atoms with Crippen LogP contribution in [0, 0.1) is 6.92 Å². The fourth-order valence-corrected chi connectivity index (χ4v) is 4.45. The molecule has 0 bridgehead atoms. The van der Waals surface area contributed by atoms with Gasteiger partial charge < -0.3 is 9.13 Å². The minimum atomic E-state index is -0.329. The van der Waals surface area contributed by atoms with Crippen molar-refractivity contribution in [3.05, 3.63) is 87.3 Å². The Labute approximate surface area is 190 Å². The summed E-state index contributed by atoms with van der Waals surface area (Å²) in [7, 11) is 1.68. The van der Waals surface area contributed by atoms with Crippen LogP contribution in [0.2, 0.25) is 0 Å². The molecule has 0 atom stereocenters. The van der Waals surface area contributed by atoms with E-state index in [0.717, 1.165) is 31.6 Å². The number of benzene rings is 1. The van der Waals surface area contributed by atoms with Gasteiger partial charge in [0.15, 0.2) is 11.2 Å². The van der Waals surface area contributed by atoms with Crippen molar-refractivity contribution in [2.24, 2.45) is 7.05 Å². The molecule has 0 amide bonds. The minimum Gasteiger partial charge on any atom is -0.337 e. The van der Waals surface area contributed by atoms with Crippen molar-refractivity contribution in [2.45, 2.75) is 45.8 Å². The molecule has 5 aromatic rings. The van der Waals surface area contributed by atoms with Crippen LogP contribution in [0.15, 0.2) is 64.8 Å². The second-order valence-electron chi connectivity index (χ2n) is 8.42. The Balaban J connectivity index is 1.47. The molecular formula is C24H27N7O2. The lowest BCUT2D eigenvalue weighted by molar-refractivity contribution is 0.564. The van der Waals surface area contributed by atoms with Gasteiger partial charge in [-0.25, -0.2) is 9.78 Å². The quantitative estimate of drug-likeness (QED) is 0.367. The second-order valence-corrected chi connectivity index (χ2v) is 8.42. The number of rotatable bonds is 8. The van der Waals surface area contributed by atoms with Crippen LogP contribution < -0.4 is 11.2 Å². The molecule has 0 aliphatic rings. The molecule has 5 rings (SSSR count). The zero-order chi connectivity index (χ0) is 22.9. The largest absolute Gasteiger partial charge is 0.337 e. The third kappa shape index (κ3) is 3.79. The number of fused-ring (bicyclic) bond motifs is 3. The highest BCUT2D eigenvalue weighted by Gasteiger charge is 2.20. The Morgan fingerprint density at radius 2 is 1.76 bits per heavy atom. The second kappa shape index (κ2) is 8.57. The number of hydrogen-bond donors (Lipinski definition) is 0. The maximum atomic E-state index is 13.4. The molecule has 170 valence electrons. The molecule has 1 aromatic carbocycles. The summed E-state index contributed by atoms with van der Waals surface area (Å²) in [4.78, 5) is 35.1. The minimum absolute atomic E-state index is 0.288. The molecule has 0 spiro atoms. The van der Waals surface area contributed by atoms with Crippen LogP contribution in [0.3, 0.4) is 0 Å². The SMILES string of the molecule is Cc1cn2c3c(=O)n(CCCc4ccccc4)c(=O)n(C)c3nc2n1CCCn1ccnc1. The summed E-state index contributed by atoms with van der Waals surface area (Å²) in [5.74, 6) is 0.683. The number of aryl methyl sites for hydroxylation is 5. The Kier molecular flexibility index (Phi) is 5.45. The molecule has 0 unspecified atom stereocenters. The molecule has 0 radical (unpaired) electrons. The van der Waals surface area contributed by atoms with Crippen molar-refractivity contribution >= 4 is 16.9 Å². The standard InChI is InChI=1S/C24H27N7O2/c1-18-16-31-20-21(26-23(31)29(18)14-7-12-28-15-11-25-17-28)27(2)24(33)30(22(20)32)13-6-10-19-8-4-3-5-9-19/h3-5,8-9,11,15-17H,6-7,10,12-14H2,1-2H3. The first kappa shape index (κ1) is 21.0. The van der Waals surface area contributed by atoms with Gasteiger partial charge in [-0.2, -0.15) is 4.98 Å². The van der Waals surface area contributed by atoms with E-state index in [-0.39, 0.29) is 11.2 Å². The van der Waals surface area contributed by atoms with Crippen LogP contribution >= 0.6 is 0 Å². The van der Waals surface area contributed by atoms with Crippen molar-refractivity contribution in [2.75, 3.05) is 0 Å². The van der Waals surface area contributed by atoms with E-state index in [2.05, 4.69) is 21.7 Å². The highest BCUT2D eigenvalue weighted by molar-refractivity contribution is 5.75. The lowest BCUT2D eigenvalue weighted by atomic mass is 10.1. The molecule has 4 heterocycles. The van der Waals surface area contributed by atoms with Crippen LogP contribution in [0.25, 0.3) is 16.9 Å². The van der Waals surface area contributed by atoms with Crippen LogP contribution in [-0.4, -0.2) is 32.6 Å². The summed E-state index contributed by atoms with van der Waals surface area (Å²) in [5, 5.41) is 0. The molecule has 9 nitrogen and oxygen atoms in total. The molecule has 0 saturated carbocycles. The van der Waals surface area contributed by atoms with E-state index in [4.69, 9.17) is 4.98 Å². The maximum absolute atomic E-state index is 13.4. The van der Waals surface area contributed by atoms with Gasteiger partial charge in [0.2, 0.25) is 5.78 Å². The Hall–Kier alpha value is -3.88.